The Morgan fingerprint density at radius 1 is 1.43 bits per heavy atom. The second kappa shape index (κ2) is 5.41. The molecule has 0 aliphatic rings. The van der Waals surface area contributed by atoms with Crippen molar-refractivity contribution in [2.75, 3.05) is 11.6 Å². The Morgan fingerprint density at radius 3 is 2.36 bits per heavy atom. The van der Waals surface area contributed by atoms with Gasteiger partial charge in [0.1, 0.15) is 12.4 Å². The van der Waals surface area contributed by atoms with Gasteiger partial charge in [-0.05, 0) is 24.3 Å². The van der Waals surface area contributed by atoms with Crippen molar-refractivity contribution in [2.45, 2.75) is 0 Å². The van der Waals surface area contributed by atoms with Gasteiger partial charge in [0.25, 0.3) is 0 Å². The van der Waals surface area contributed by atoms with Gasteiger partial charge in [-0.3, -0.25) is 9.80 Å². The molecule has 1 aromatic carbocycles. The second-order valence-corrected chi connectivity index (χ2v) is 2.50. The lowest BCUT2D eigenvalue weighted by atomic mass is 10.3. The Balaban J connectivity index is 0.00000169. The summed E-state index contributed by atoms with van der Waals surface area (Å²) in [5, 5.41) is 9.43. The maximum atomic E-state index is 12.4. The predicted molar refractivity (Wildman–Crippen MR) is 52.8 cm³/mol. The summed E-state index contributed by atoms with van der Waals surface area (Å²) in [4.78, 5) is 10.3. The lowest BCUT2D eigenvalue weighted by Crippen LogP contribution is -2.35. The first kappa shape index (κ1) is 12.7. The molecular formula is C8H10ClFN2O2. The van der Waals surface area contributed by atoms with Crippen molar-refractivity contribution in [1.29, 1.82) is 0 Å². The highest BCUT2D eigenvalue weighted by Gasteiger charge is 2.05. The van der Waals surface area contributed by atoms with Crippen LogP contribution in [0.3, 0.4) is 0 Å². The molecule has 14 heavy (non-hydrogen) atoms. The molecule has 3 N–H and O–H groups in total. The van der Waals surface area contributed by atoms with Crippen LogP contribution in [-0.2, 0) is 4.79 Å². The van der Waals surface area contributed by atoms with E-state index in [2.05, 4.69) is 0 Å². The highest BCUT2D eigenvalue weighted by atomic mass is 35.5. The molecule has 0 heterocycles. The van der Waals surface area contributed by atoms with E-state index in [1.807, 2.05) is 0 Å². The fourth-order valence-electron chi connectivity index (χ4n) is 0.870. The lowest BCUT2D eigenvalue weighted by molar-refractivity contribution is -0.135. The van der Waals surface area contributed by atoms with E-state index in [0.717, 1.165) is 5.01 Å². The van der Waals surface area contributed by atoms with Crippen LogP contribution in [0.25, 0.3) is 0 Å². The molecule has 1 aromatic rings. The number of nitrogens with zero attached hydrogens (tertiary/aromatic N) is 1. The van der Waals surface area contributed by atoms with Crippen molar-refractivity contribution in [2.24, 2.45) is 5.84 Å². The maximum absolute atomic E-state index is 12.4. The number of nitrogens with two attached hydrogens (primary N) is 1. The third-order valence-electron chi connectivity index (χ3n) is 1.46. The normalized spacial score (nSPS) is 9.00. The van der Waals surface area contributed by atoms with Gasteiger partial charge in [0, 0.05) is 0 Å². The van der Waals surface area contributed by atoms with Gasteiger partial charge >= 0.3 is 5.97 Å². The summed E-state index contributed by atoms with van der Waals surface area (Å²) < 4.78 is 12.4. The van der Waals surface area contributed by atoms with E-state index >= 15 is 0 Å². The number of aliphatic carboxylic acids is 1. The molecule has 1 rings (SSSR count). The number of carboxylic acid groups (broad SMARTS) is 1. The molecule has 0 aliphatic heterocycles. The number of carbonyl (C=O) groups is 1. The molecule has 0 spiro atoms. The third-order valence-corrected chi connectivity index (χ3v) is 1.46. The fourth-order valence-corrected chi connectivity index (χ4v) is 0.870. The van der Waals surface area contributed by atoms with Gasteiger partial charge < -0.3 is 5.11 Å². The molecule has 0 aliphatic carbocycles. The molecule has 0 atom stereocenters. The van der Waals surface area contributed by atoms with Gasteiger partial charge in [0.2, 0.25) is 0 Å². The Morgan fingerprint density at radius 2 is 1.93 bits per heavy atom. The molecule has 0 saturated heterocycles. The first-order valence-corrected chi connectivity index (χ1v) is 3.59. The fraction of sp³-hybridized carbons (Fsp3) is 0.125. The molecule has 0 unspecified atom stereocenters. The molecule has 0 aromatic heterocycles. The number of hydrogen-bond acceptors (Lipinski definition) is 3. The molecule has 0 fully saturated rings. The Labute approximate surface area is 86.5 Å². The van der Waals surface area contributed by atoms with E-state index in [0.29, 0.717) is 5.69 Å². The molecule has 78 valence electrons. The Bertz CT molecular complexity index is 305. The van der Waals surface area contributed by atoms with Crippen LogP contribution in [0.2, 0.25) is 0 Å². The van der Waals surface area contributed by atoms with E-state index in [4.69, 9.17) is 10.9 Å². The first-order valence-electron chi connectivity index (χ1n) is 3.59. The maximum Gasteiger partial charge on any atom is 0.324 e. The van der Waals surface area contributed by atoms with Crippen molar-refractivity contribution < 1.29 is 14.3 Å². The summed E-state index contributed by atoms with van der Waals surface area (Å²) in [6, 6.07) is 5.27. The van der Waals surface area contributed by atoms with E-state index in [1.165, 1.54) is 24.3 Å². The number of carboxylic acids is 1. The number of hydrogen-bond donors (Lipinski definition) is 2. The van der Waals surface area contributed by atoms with Gasteiger partial charge in [-0.2, -0.15) is 0 Å². The first-order chi connectivity index (χ1) is 6.09. The number of rotatable bonds is 3. The van der Waals surface area contributed by atoms with Crippen LogP contribution in [0.4, 0.5) is 10.1 Å². The van der Waals surface area contributed by atoms with Crippen LogP contribution < -0.4 is 10.9 Å². The molecule has 6 heteroatoms. The quantitative estimate of drug-likeness (QED) is 0.590. The number of benzene rings is 1. The van der Waals surface area contributed by atoms with Crippen LogP contribution in [0.15, 0.2) is 24.3 Å². The van der Waals surface area contributed by atoms with Gasteiger partial charge in [-0.15, -0.1) is 12.4 Å². The molecular weight excluding hydrogens is 211 g/mol. The number of halogens is 2. The SMILES string of the molecule is Cl.NN(CC(=O)O)c1ccc(F)cc1. The minimum Gasteiger partial charge on any atom is -0.480 e. The standard InChI is InChI=1S/C8H9FN2O2.ClH/c9-6-1-3-7(4-2-6)11(10)5-8(12)13;/h1-4H,5,10H2,(H,12,13);1H. The molecule has 4 nitrogen and oxygen atoms in total. The van der Waals surface area contributed by atoms with Crippen molar-refractivity contribution in [3.63, 3.8) is 0 Å². The monoisotopic (exact) mass is 220 g/mol. The van der Waals surface area contributed by atoms with Crippen molar-refractivity contribution in [3.05, 3.63) is 30.1 Å². The number of anilines is 1. The average molecular weight is 221 g/mol. The topological polar surface area (TPSA) is 66.6 Å². The third kappa shape index (κ3) is 3.59. The summed E-state index contributed by atoms with van der Waals surface area (Å²) in [5.74, 6) is 3.96. The lowest BCUT2D eigenvalue weighted by Gasteiger charge is -2.15. The molecule has 0 bridgehead atoms. The highest BCUT2D eigenvalue weighted by Crippen LogP contribution is 2.10. The van der Waals surface area contributed by atoms with Crippen LogP contribution in [0.1, 0.15) is 0 Å². The number of hydrazine groups is 1. The zero-order valence-electron chi connectivity index (χ0n) is 7.18. The smallest absolute Gasteiger partial charge is 0.324 e. The van der Waals surface area contributed by atoms with Crippen LogP contribution >= 0.6 is 12.4 Å². The van der Waals surface area contributed by atoms with Crippen LogP contribution in [0.5, 0.6) is 0 Å². The van der Waals surface area contributed by atoms with Gasteiger partial charge in [0.05, 0.1) is 5.69 Å². The van der Waals surface area contributed by atoms with Crippen molar-refractivity contribution in [1.82, 2.24) is 0 Å². The molecule has 0 saturated carbocycles. The van der Waals surface area contributed by atoms with Crippen LogP contribution in [-0.4, -0.2) is 17.6 Å². The van der Waals surface area contributed by atoms with E-state index < -0.39 is 5.97 Å². The van der Waals surface area contributed by atoms with Gasteiger partial charge in [0.15, 0.2) is 0 Å². The largest absolute Gasteiger partial charge is 0.480 e. The summed E-state index contributed by atoms with van der Waals surface area (Å²) in [5.41, 5.74) is 0.462. The summed E-state index contributed by atoms with van der Waals surface area (Å²) in [6.45, 7) is -0.314. The molecule has 0 amide bonds. The summed E-state index contributed by atoms with van der Waals surface area (Å²) in [6.07, 6.45) is 0. The second-order valence-electron chi connectivity index (χ2n) is 2.50. The zero-order chi connectivity index (χ0) is 9.84. The van der Waals surface area contributed by atoms with Gasteiger partial charge in [-0.25, -0.2) is 10.2 Å². The minimum atomic E-state index is -1.04. The minimum absolute atomic E-state index is 0. The van der Waals surface area contributed by atoms with E-state index in [-0.39, 0.29) is 24.8 Å². The average Bonchev–Trinajstić information content (AvgIpc) is 2.04. The van der Waals surface area contributed by atoms with E-state index in [9.17, 15) is 9.18 Å². The predicted octanol–water partition coefficient (Wildman–Crippen LogP) is 1.01. The molecule has 0 radical (unpaired) electrons. The van der Waals surface area contributed by atoms with Crippen molar-refractivity contribution in [3.8, 4) is 0 Å². The van der Waals surface area contributed by atoms with Gasteiger partial charge in [-0.1, -0.05) is 0 Å². The Hall–Kier alpha value is -1.33. The highest BCUT2D eigenvalue weighted by molar-refractivity contribution is 5.85. The Kier molecular flexibility index (Phi) is 4.90. The van der Waals surface area contributed by atoms with E-state index in [1.54, 1.807) is 0 Å². The zero-order valence-corrected chi connectivity index (χ0v) is 8.00. The van der Waals surface area contributed by atoms with Crippen molar-refractivity contribution >= 4 is 24.1 Å². The van der Waals surface area contributed by atoms with Crippen LogP contribution in [0, 0.1) is 5.82 Å². The summed E-state index contributed by atoms with van der Waals surface area (Å²) >= 11 is 0. The summed E-state index contributed by atoms with van der Waals surface area (Å²) in [7, 11) is 0.